The van der Waals surface area contributed by atoms with Crippen LogP contribution in [0.5, 0.6) is 0 Å². The van der Waals surface area contributed by atoms with E-state index in [4.69, 9.17) is 0 Å². The van der Waals surface area contributed by atoms with Gasteiger partial charge in [-0.05, 0) is 12.8 Å². The van der Waals surface area contributed by atoms with Gasteiger partial charge >= 0.3 is 0 Å². The van der Waals surface area contributed by atoms with Crippen LogP contribution < -0.4 is 10.6 Å². The van der Waals surface area contributed by atoms with Crippen molar-refractivity contribution < 1.29 is 14.7 Å². The number of hydrogen-bond acceptors (Lipinski definition) is 3. The van der Waals surface area contributed by atoms with Crippen LogP contribution in [0, 0.1) is 0 Å². The second-order valence-electron chi connectivity index (χ2n) is 4.44. The Bertz CT molecular complexity index is 260. The molecule has 0 aromatic rings. The lowest BCUT2D eigenvalue weighted by Crippen LogP contribution is -2.41. The van der Waals surface area contributed by atoms with Gasteiger partial charge in [-0.3, -0.25) is 9.59 Å². The maximum absolute atomic E-state index is 11.3. The zero-order chi connectivity index (χ0) is 12.0. The molecule has 1 aliphatic rings. The Morgan fingerprint density at radius 3 is 2.44 bits per heavy atom. The summed E-state index contributed by atoms with van der Waals surface area (Å²) in [5, 5.41) is 15.2. The second-order valence-corrected chi connectivity index (χ2v) is 4.44. The maximum Gasteiger partial charge on any atom is 0.221 e. The number of carbonyl (C=O) groups excluding carboxylic acids is 2. The van der Waals surface area contributed by atoms with E-state index in [2.05, 4.69) is 10.6 Å². The molecule has 1 saturated carbocycles. The predicted molar refractivity (Wildman–Crippen MR) is 59.7 cm³/mol. The number of amides is 2. The minimum Gasteiger partial charge on any atom is -0.388 e. The third kappa shape index (κ3) is 4.61. The molecule has 0 atom stereocenters. The van der Waals surface area contributed by atoms with Gasteiger partial charge in [0.25, 0.3) is 0 Å². The summed E-state index contributed by atoms with van der Waals surface area (Å²) in [6, 6.07) is 0. The lowest BCUT2D eigenvalue weighted by molar-refractivity contribution is -0.122. The Morgan fingerprint density at radius 1 is 1.25 bits per heavy atom. The van der Waals surface area contributed by atoms with Gasteiger partial charge in [0.2, 0.25) is 11.8 Å². The maximum atomic E-state index is 11.3. The van der Waals surface area contributed by atoms with E-state index in [0.717, 1.165) is 25.7 Å². The van der Waals surface area contributed by atoms with Crippen LogP contribution in [-0.2, 0) is 9.59 Å². The molecule has 16 heavy (non-hydrogen) atoms. The van der Waals surface area contributed by atoms with Crippen molar-refractivity contribution in [2.24, 2.45) is 0 Å². The summed E-state index contributed by atoms with van der Waals surface area (Å²) in [5.74, 6) is -0.267. The monoisotopic (exact) mass is 228 g/mol. The molecule has 1 fully saturated rings. The minimum absolute atomic E-state index is 0.130. The highest BCUT2D eigenvalue weighted by Gasteiger charge is 2.31. The highest BCUT2D eigenvalue weighted by atomic mass is 16.3. The molecule has 0 aromatic carbocycles. The highest BCUT2D eigenvalue weighted by Crippen LogP contribution is 2.28. The SMILES string of the molecule is CC(=O)NCCC(=O)NCC1(O)CCCC1. The number of rotatable bonds is 5. The van der Waals surface area contributed by atoms with Crippen molar-refractivity contribution >= 4 is 11.8 Å². The molecule has 0 unspecified atom stereocenters. The molecule has 1 rings (SSSR count). The van der Waals surface area contributed by atoms with Crippen LogP contribution >= 0.6 is 0 Å². The zero-order valence-corrected chi connectivity index (χ0v) is 9.71. The van der Waals surface area contributed by atoms with Crippen LogP contribution in [0.2, 0.25) is 0 Å². The summed E-state index contributed by atoms with van der Waals surface area (Å²) in [5.41, 5.74) is -0.705. The Hall–Kier alpha value is -1.10. The standard InChI is InChI=1S/C11H20N2O3/c1-9(14)12-7-4-10(15)13-8-11(16)5-2-3-6-11/h16H,2-8H2,1H3,(H,12,14)(H,13,15). The first-order valence-corrected chi connectivity index (χ1v) is 5.75. The Kier molecular flexibility index (Phi) is 4.73. The van der Waals surface area contributed by atoms with Crippen LogP contribution in [0.1, 0.15) is 39.0 Å². The van der Waals surface area contributed by atoms with Gasteiger partial charge in [0.05, 0.1) is 5.60 Å². The van der Waals surface area contributed by atoms with Gasteiger partial charge in [-0.25, -0.2) is 0 Å². The number of hydrogen-bond donors (Lipinski definition) is 3. The van der Waals surface area contributed by atoms with Gasteiger partial charge in [-0.2, -0.15) is 0 Å². The third-order valence-corrected chi connectivity index (χ3v) is 2.87. The normalized spacial score (nSPS) is 18.1. The molecule has 3 N–H and O–H groups in total. The predicted octanol–water partition coefficient (Wildman–Crippen LogP) is -0.0661. The van der Waals surface area contributed by atoms with Crippen molar-refractivity contribution in [3.8, 4) is 0 Å². The largest absolute Gasteiger partial charge is 0.388 e. The molecule has 0 radical (unpaired) electrons. The molecule has 0 aliphatic heterocycles. The van der Waals surface area contributed by atoms with Crippen LogP contribution in [0.3, 0.4) is 0 Å². The Balaban J connectivity index is 2.12. The van der Waals surface area contributed by atoms with Gasteiger partial charge in [0.15, 0.2) is 0 Å². The van der Waals surface area contributed by atoms with Crippen molar-refractivity contribution in [1.29, 1.82) is 0 Å². The number of aliphatic hydroxyl groups is 1. The molecule has 5 heteroatoms. The lowest BCUT2D eigenvalue weighted by Gasteiger charge is -2.22. The van der Waals surface area contributed by atoms with Crippen LogP contribution in [0.15, 0.2) is 0 Å². The van der Waals surface area contributed by atoms with Crippen molar-refractivity contribution in [3.05, 3.63) is 0 Å². The van der Waals surface area contributed by atoms with Crippen LogP contribution in [0.25, 0.3) is 0 Å². The molecule has 0 saturated heterocycles. The molecule has 0 heterocycles. The van der Waals surface area contributed by atoms with E-state index in [0.29, 0.717) is 13.1 Å². The smallest absolute Gasteiger partial charge is 0.221 e. The number of nitrogens with one attached hydrogen (secondary N) is 2. The lowest BCUT2D eigenvalue weighted by atomic mass is 10.0. The van der Waals surface area contributed by atoms with Gasteiger partial charge in [-0.1, -0.05) is 12.8 Å². The van der Waals surface area contributed by atoms with E-state index in [1.807, 2.05) is 0 Å². The van der Waals surface area contributed by atoms with Gasteiger partial charge in [-0.15, -0.1) is 0 Å². The van der Waals surface area contributed by atoms with E-state index in [9.17, 15) is 14.7 Å². The second kappa shape index (κ2) is 5.84. The van der Waals surface area contributed by atoms with E-state index in [-0.39, 0.29) is 18.2 Å². The summed E-state index contributed by atoms with van der Waals surface area (Å²) in [6.07, 6.45) is 3.84. The molecule has 1 aliphatic carbocycles. The van der Waals surface area contributed by atoms with Crippen molar-refractivity contribution in [2.45, 2.75) is 44.6 Å². The highest BCUT2D eigenvalue weighted by molar-refractivity contribution is 5.77. The molecule has 0 bridgehead atoms. The first kappa shape index (κ1) is 13.0. The average molecular weight is 228 g/mol. The van der Waals surface area contributed by atoms with Crippen molar-refractivity contribution in [3.63, 3.8) is 0 Å². The van der Waals surface area contributed by atoms with Gasteiger partial charge < -0.3 is 15.7 Å². The van der Waals surface area contributed by atoms with Crippen molar-refractivity contribution in [1.82, 2.24) is 10.6 Å². The number of carbonyl (C=O) groups is 2. The molecule has 0 aromatic heterocycles. The Labute approximate surface area is 95.6 Å². The van der Waals surface area contributed by atoms with Crippen molar-refractivity contribution in [2.75, 3.05) is 13.1 Å². The summed E-state index contributed by atoms with van der Waals surface area (Å²) < 4.78 is 0. The summed E-state index contributed by atoms with van der Waals surface area (Å²) in [7, 11) is 0. The first-order chi connectivity index (χ1) is 7.52. The molecule has 5 nitrogen and oxygen atoms in total. The topological polar surface area (TPSA) is 78.4 Å². The fourth-order valence-electron chi connectivity index (χ4n) is 1.91. The first-order valence-electron chi connectivity index (χ1n) is 5.75. The van der Waals surface area contributed by atoms with E-state index in [1.165, 1.54) is 6.92 Å². The fraction of sp³-hybridized carbons (Fsp3) is 0.818. The van der Waals surface area contributed by atoms with E-state index >= 15 is 0 Å². The molecule has 2 amide bonds. The Morgan fingerprint density at radius 2 is 1.88 bits per heavy atom. The minimum atomic E-state index is -0.705. The molecular formula is C11H20N2O3. The quantitative estimate of drug-likeness (QED) is 0.616. The van der Waals surface area contributed by atoms with Crippen LogP contribution in [-0.4, -0.2) is 35.6 Å². The third-order valence-electron chi connectivity index (χ3n) is 2.87. The zero-order valence-electron chi connectivity index (χ0n) is 9.71. The average Bonchev–Trinajstić information content (AvgIpc) is 2.62. The fourth-order valence-corrected chi connectivity index (χ4v) is 1.91. The van der Waals surface area contributed by atoms with Gasteiger partial charge in [0.1, 0.15) is 0 Å². The molecule has 0 spiro atoms. The van der Waals surface area contributed by atoms with Gasteiger partial charge in [0, 0.05) is 26.4 Å². The molecule has 92 valence electrons. The van der Waals surface area contributed by atoms with E-state index < -0.39 is 5.60 Å². The summed E-state index contributed by atoms with van der Waals surface area (Å²) in [6.45, 7) is 2.09. The van der Waals surface area contributed by atoms with E-state index in [1.54, 1.807) is 0 Å². The molecular weight excluding hydrogens is 208 g/mol. The van der Waals surface area contributed by atoms with Crippen LogP contribution in [0.4, 0.5) is 0 Å². The summed E-state index contributed by atoms with van der Waals surface area (Å²) >= 11 is 0. The summed E-state index contributed by atoms with van der Waals surface area (Å²) in [4.78, 5) is 21.9.